The number of nitrogens with one attached hydrogen (secondary N) is 1. The Bertz CT molecular complexity index is 877. The van der Waals surface area contributed by atoms with Gasteiger partial charge in [0.2, 0.25) is 0 Å². The van der Waals surface area contributed by atoms with Crippen molar-refractivity contribution in [3.63, 3.8) is 0 Å². The fraction of sp³-hybridized carbons (Fsp3) is 0.526. The summed E-state index contributed by atoms with van der Waals surface area (Å²) in [6.45, 7) is 1.48. The van der Waals surface area contributed by atoms with Crippen LogP contribution >= 0.6 is 11.3 Å². The van der Waals surface area contributed by atoms with Crippen LogP contribution in [0.3, 0.4) is 0 Å². The van der Waals surface area contributed by atoms with Crippen LogP contribution in [0.25, 0.3) is 0 Å². The third-order valence-electron chi connectivity index (χ3n) is 5.50. The molecule has 1 aliphatic heterocycles. The van der Waals surface area contributed by atoms with Gasteiger partial charge in [-0.1, -0.05) is 19.3 Å². The molecule has 2 aliphatic rings. The second-order valence-corrected chi connectivity index (χ2v) is 9.92. The summed E-state index contributed by atoms with van der Waals surface area (Å²) >= 11 is 1.50. The Morgan fingerprint density at radius 3 is 2.56 bits per heavy atom. The number of thiophene rings is 1. The Labute approximate surface area is 164 Å². The van der Waals surface area contributed by atoms with Crippen molar-refractivity contribution >= 4 is 33.0 Å². The van der Waals surface area contributed by atoms with Crippen molar-refractivity contribution in [3.05, 3.63) is 34.8 Å². The minimum absolute atomic E-state index is 0.0222. The van der Waals surface area contributed by atoms with Gasteiger partial charge in [0.25, 0.3) is 15.9 Å². The maximum absolute atomic E-state index is 13.5. The lowest BCUT2D eigenvalue weighted by atomic mass is 9.95. The molecule has 0 aromatic carbocycles. The van der Waals surface area contributed by atoms with Gasteiger partial charge in [0.15, 0.2) is 0 Å². The molecule has 1 N–H and O–H groups in total. The van der Waals surface area contributed by atoms with Gasteiger partial charge in [-0.05, 0) is 43.2 Å². The number of hydrogen-bond acceptors (Lipinski definition) is 4. The monoisotopic (exact) mass is 407 g/mol. The average Bonchev–Trinajstić information content (AvgIpc) is 3.43. The molecule has 6 nitrogen and oxygen atoms in total. The van der Waals surface area contributed by atoms with Crippen molar-refractivity contribution in [2.24, 2.45) is 0 Å². The van der Waals surface area contributed by atoms with Crippen LogP contribution in [0.5, 0.6) is 0 Å². The average molecular weight is 408 g/mol. The number of aromatic amines is 1. The number of sulfonamides is 1. The van der Waals surface area contributed by atoms with Crippen LogP contribution in [0.2, 0.25) is 0 Å². The van der Waals surface area contributed by atoms with Crippen LogP contribution in [0, 0.1) is 0 Å². The SMILES string of the molecule is O=C(c1cc(S(=O)(=O)N(c2ccsc2)C2CCCCC2)c[nH]1)N1CCCC1. The van der Waals surface area contributed by atoms with E-state index >= 15 is 0 Å². The zero-order valence-electron chi connectivity index (χ0n) is 15.3. The first-order valence-electron chi connectivity index (χ1n) is 9.62. The van der Waals surface area contributed by atoms with Crippen molar-refractivity contribution in [2.75, 3.05) is 17.4 Å². The summed E-state index contributed by atoms with van der Waals surface area (Å²) in [7, 11) is -3.72. The molecule has 146 valence electrons. The highest BCUT2D eigenvalue weighted by atomic mass is 32.2. The molecule has 0 bridgehead atoms. The standard InChI is InChI=1S/C19H25N3O3S2/c23-19(21-9-4-5-10-21)18-12-17(13-20-18)27(24,25)22(16-8-11-26-14-16)15-6-2-1-3-7-15/h8,11-15,20H,1-7,9-10H2. The van der Waals surface area contributed by atoms with Crippen LogP contribution in [0.15, 0.2) is 34.0 Å². The zero-order valence-corrected chi connectivity index (χ0v) is 16.9. The lowest BCUT2D eigenvalue weighted by molar-refractivity contribution is 0.0787. The summed E-state index contributed by atoms with van der Waals surface area (Å²) in [6.07, 6.45) is 8.47. The third kappa shape index (κ3) is 3.65. The summed E-state index contributed by atoms with van der Waals surface area (Å²) in [5, 5.41) is 3.79. The largest absolute Gasteiger partial charge is 0.356 e. The molecule has 1 amide bonds. The highest BCUT2D eigenvalue weighted by Crippen LogP contribution is 2.34. The molecule has 4 rings (SSSR count). The van der Waals surface area contributed by atoms with Gasteiger partial charge in [0.05, 0.1) is 5.69 Å². The van der Waals surface area contributed by atoms with Gasteiger partial charge in [-0.15, -0.1) is 0 Å². The van der Waals surface area contributed by atoms with Crippen molar-refractivity contribution in [3.8, 4) is 0 Å². The Balaban J connectivity index is 1.64. The van der Waals surface area contributed by atoms with E-state index in [0.717, 1.165) is 63.7 Å². The third-order valence-corrected chi connectivity index (χ3v) is 8.03. The first kappa shape index (κ1) is 18.6. The molecule has 3 heterocycles. The highest BCUT2D eigenvalue weighted by molar-refractivity contribution is 7.92. The van der Waals surface area contributed by atoms with Crippen LogP contribution < -0.4 is 4.31 Å². The van der Waals surface area contributed by atoms with Crippen LogP contribution in [-0.2, 0) is 10.0 Å². The van der Waals surface area contributed by atoms with E-state index in [1.54, 1.807) is 9.21 Å². The first-order chi connectivity index (χ1) is 13.1. The molecule has 0 unspecified atom stereocenters. The first-order valence-corrected chi connectivity index (χ1v) is 12.0. The molecule has 2 fully saturated rings. The summed E-state index contributed by atoms with van der Waals surface area (Å²) in [6, 6.07) is 3.34. The predicted molar refractivity (Wildman–Crippen MR) is 107 cm³/mol. The van der Waals surface area contributed by atoms with Crippen molar-refractivity contribution in [1.82, 2.24) is 9.88 Å². The summed E-state index contributed by atoms with van der Waals surface area (Å²) in [5.74, 6) is -0.117. The summed E-state index contributed by atoms with van der Waals surface area (Å²) < 4.78 is 28.5. The van der Waals surface area contributed by atoms with E-state index in [9.17, 15) is 13.2 Å². The maximum Gasteiger partial charge on any atom is 0.270 e. The van der Waals surface area contributed by atoms with E-state index in [-0.39, 0.29) is 16.8 Å². The normalized spacial score (nSPS) is 18.7. The number of hydrogen-bond donors (Lipinski definition) is 1. The molecule has 1 saturated heterocycles. The molecule has 8 heteroatoms. The van der Waals surface area contributed by atoms with Crippen LogP contribution in [0.4, 0.5) is 5.69 Å². The number of rotatable bonds is 5. The second-order valence-electron chi connectivity index (χ2n) is 7.32. The van der Waals surface area contributed by atoms with E-state index in [1.165, 1.54) is 23.6 Å². The Morgan fingerprint density at radius 2 is 1.89 bits per heavy atom. The molecule has 0 spiro atoms. The summed E-state index contributed by atoms with van der Waals surface area (Å²) in [4.78, 5) is 17.4. The lowest BCUT2D eigenvalue weighted by Gasteiger charge is -2.34. The summed E-state index contributed by atoms with van der Waals surface area (Å²) in [5.41, 5.74) is 1.07. The quantitative estimate of drug-likeness (QED) is 0.818. The number of anilines is 1. The molecule has 0 radical (unpaired) electrons. The van der Waals surface area contributed by atoms with E-state index in [1.807, 2.05) is 16.8 Å². The number of carbonyl (C=O) groups is 1. The molecular formula is C19H25N3O3S2. The number of H-pyrrole nitrogens is 1. The van der Waals surface area contributed by atoms with Crippen LogP contribution in [-0.4, -0.2) is 43.3 Å². The molecule has 1 aliphatic carbocycles. The van der Waals surface area contributed by atoms with Gasteiger partial charge in [-0.2, -0.15) is 11.3 Å². The Hall–Kier alpha value is -1.80. The maximum atomic E-state index is 13.5. The number of carbonyl (C=O) groups excluding carboxylic acids is 1. The van der Waals surface area contributed by atoms with Gasteiger partial charge in [-0.3, -0.25) is 9.10 Å². The fourth-order valence-electron chi connectivity index (χ4n) is 4.10. The van der Waals surface area contributed by atoms with Crippen molar-refractivity contribution in [2.45, 2.75) is 55.9 Å². The number of aromatic nitrogens is 1. The molecule has 0 atom stereocenters. The van der Waals surface area contributed by atoms with Gasteiger partial charge >= 0.3 is 0 Å². The number of likely N-dealkylation sites (tertiary alicyclic amines) is 1. The molecular weight excluding hydrogens is 382 g/mol. The topological polar surface area (TPSA) is 73.5 Å². The smallest absolute Gasteiger partial charge is 0.270 e. The minimum atomic E-state index is -3.72. The van der Waals surface area contributed by atoms with Crippen LogP contribution in [0.1, 0.15) is 55.4 Å². The van der Waals surface area contributed by atoms with Gasteiger partial charge < -0.3 is 9.88 Å². The van der Waals surface area contributed by atoms with Gasteiger partial charge in [0.1, 0.15) is 10.6 Å². The van der Waals surface area contributed by atoms with E-state index in [0.29, 0.717) is 5.69 Å². The number of amides is 1. The zero-order chi connectivity index (χ0) is 18.9. The van der Waals surface area contributed by atoms with Gasteiger partial charge in [0, 0.05) is 30.7 Å². The predicted octanol–water partition coefficient (Wildman–Crippen LogP) is 3.84. The second kappa shape index (κ2) is 7.67. The van der Waals surface area contributed by atoms with E-state index < -0.39 is 10.0 Å². The molecule has 1 saturated carbocycles. The number of nitrogens with zero attached hydrogens (tertiary/aromatic N) is 2. The van der Waals surface area contributed by atoms with Gasteiger partial charge in [-0.25, -0.2) is 8.42 Å². The van der Waals surface area contributed by atoms with E-state index in [4.69, 9.17) is 0 Å². The molecule has 27 heavy (non-hydrogen) atoms. The minimum Gasteiger partial charge on any atom is -0.356 e. The molecule has 2 aromatic heterocycles. The van der Waals surface area contributed by atoms with Crippen molar-refractivity contribution < 1.29 is 13.2 Å². The van der Waals surface area contributed by atoms with E-state index in [2.05, 4.69) is 4.98 Å². The highest BCUT2D eigenvalue weighted by Gasteiger charge is 2.34. The Morgan fingerprint density at radius 1 is 1.15 bits per heavy atom. The molecule has 2 aromatic rings. The van der Waals surface area contributed by atoms with Crippen molar-refractivity contribution in [1.29, 1.82) is 0 Å². The fourth-order valence-corrected chi connectivity index (χ4v) is 6.49. The lowest BCUT2D eigenvalue weighted by Crippen LogP contribution is -2.41. The Kier molecular flexibility index (Phi) is 5.27.